The summed E-state index contributed by atoms with van der Waals surface area (Å²) in [6.45, 7) is 4.14. The van der Waals surface area contributed by atoms with Crippen LogP contribution in [0.15, 0.2) is 6.20 Å². The smallest absolute Gasteiger partial charge is 0.177 e. The van der Waals surface area contributed by atoms with E-state index in [9.17, 15) is 0 Å². The lowest BCUT2D eigenvalue weighted by atomic mass is 10.2. The number of nitrogens with one attached hydrogen (secondary N) is 1. The minimum atomic E-state index is 0.800. The van der Waals surface area contributed by atoms with Gasteiger partial charge < -0.3 is 14.5 Å². The third kappa shape index (κ3) is 2.74. The first-order valence-electron chi connectivity index (χ1n) is 6.13. The lowest BCUT2D eigenvalue weighted by molar-refractivity contribution is 0.236. The minimum Gasteiger partial charge on any atom is -0.335 e. The first-order chi connectivity index (χ1) is 7.66. The van der Waals surface area contributed by atoms with E-state index in [1.165, 1.54) is 25.7 Å². The fourth-order valence-corrected chi connectivity index (χ4v) is 2.83. The molecular formula is C12H21N3S. The Labute approximate surface area is 102 Å². The molecule has 16 heavy (non-hydrogen) atoms. The highest BCUT2D eigenvalue weighted by molar-refractivity contribution is 7.71. The zero-order valence-corrected chi connectivity index (χ0v) is 11.0. The van der Waals surface area contributed by atoms with E-state index in [0.29, 0.717) is 0 Å². The van der Waals surface area contributed by atoms with Gasteiger partial charge in [-0.05, 0) is 39.0 Å². The van der Waals surface area contributed by atoms with Crippen LogP contribution in [0.25, 0.3) is 0 Å². The molecule has 1 heterocycles. The standard InChI is InChI=1S/C12H21N3S/c1-10-9-15(12(16)13-10)8-7-14(2)11-5-3-4-6-11/h9,11H,3-8H2,1-2H3,(H,13,16). The number of likely N-dealkylation sites (N-methyl/N-ethyl adjacent to an activating group) is 1. The molecule has 1 aromatic heterocycles. The SMILES string of the molecule is Cc1cn(CCN(C)C2CCCC2)c(=S)[nH]1. The Bertz CT molecular complexity index is 387. The third-order valence-corrected chi connectivity index (χ3v) is 3.89. The summed E-state index contributed by atoms with van der Waals surface area (Å²) in [6.07, 6.45) is 7.64. The van der Waals surface area contributed by atoms with Gasteiger partial charge in [0.2, 0.25) is 0 Å². The number of nitrogens with zero attached hydrogens (tertiary/aromatic N) is 2. The molecule has 1 N–H and O–H groups in total. The van der Waals surface area contributed by atoms with Crippen LogP contribution in [-0.4, -0.2) is 34.1 Å². The Morgan fingerprint density at radius 3 is 2.75 bits per heavy atom. The van der Waals surface area contributed by atoms with Gasteiger partial charge in [-0.25, -0.2) is 0 Å². The second-order valence-corrected chi connectivity index (χ2v) is 5.24. The first kappa shape index (κ1) is 11.9. The van der Waals surface area contributed by atoms with Crippen molar-refractivity contribution in [3.63, 3.8) is 0 Å². The van der Waals surface area contributed by atoms with Crippen LogP contribution in [0, 0.1) is 11.7 Å². The maximum Gasteiger partial charge on any atom is 0.177 e. The van der Waals surface area contributed by atoms with Crippen molar-refractivity contribution in [2.75, 3.05) is 13.6 Å². The van der Waals surface area contributed by atoms with Gasteiger partial charge in [-0.3, -0.25) is 0 Å². The number of aromatic nitrogens is 2. The molecule has 3 nitrogen and oxygen atoms in total. The molecule has 0 bridgehead atoms. The summed E-state index contributed by atoms with van der Waals surface area (Å²) < 4.78 is 2.98. The Morgan fingerprint density at radius 1 is 1.50 bits per heavy atom. The van der Waals surface area contributed by atoms with E-state index in [1.54, 1.807) is 0 Å². The Hall–Kier alpha value is -0.610. The van der Waals surface area contributed by atoms with Crippen molar-refractivity contribution in [3.05, 3.63) is 16.7 Å². The Balaban J connectivity index is 1.86. The molecule has 0 spiro atoms. The third-order valence-electron chi connectivity index (χ3n) is 3.56. The molecule has 0 atom stereocenters. The molecule has 90 valence electrons. The molecule has 0 amide bonds. The van der Waals surface area contributed by atoms with Crippen LogP contribution in [0.1, 0.15) is 31.4 Å². The number of hydrogen-bond acceptors (Lipinski definition) is 2. The van der Waals surface area contributed by atoms with E-state index in [4.69, 9.17) is 12.2 Å². The van der Waals surface area contributed by atoms with Crippen molar-refractivity contribution in [1.29, 1.82) is 0 Å². The Morgan fingerprint density at radius 2 is 2.19 bits per heavy atom. The molecule has 0 aliphatic heterocycles. The van der Waals surface area contributed by atoms with Gasteiger partial charge in [0.1, 0.15) is 0 Å². The maximum absolute atomic E-state index is 5.25. The van der Waals surface area contributed by atoms with Crippen molar-refractivity contribution in [3.8, 4) is 0 Å². The predicted octanol–water partition coefficient (Wildman–Crippen LogP) is 2.73. The Kier molecular flexibility index (Phi) is 3.82. The van der Waals surface area contributed by atoms with Crippen molar-refractivity contribution in [1.82, 2.24) is 14.5 Å². The molecule has 1 saturated carbocycles. The second kappa shape index (κ2) is 5.15. The van der Waals surface area contributed by atoms with Gasteiger partial charge in [-0.2, -0.15) is 0 Å². The van der Waals surface area contributed by atoms with Gasteiger partial charge in [0.05, 0.1) is 0 Å². The summed E-state index contributed by atoms with van der Waals surface area (Å²) in [5.74, 6) is 0. The number of aryl methyl sites for hydroxylation is 1. The van der Waals surface area contributed by atoms with Crippen molar-refractivity contribution < 1.29 is 0 Å². The molecule has 1 aliphatic rings. The maximum atomic E-state index is 5.25. The predicted molar refractivity (Wildman–Crippen MR) is 69.2 cm³/mol. The number of hydrogen-bond donors (Lipinski definition) is 1. The van der Waals surface area contributed by atoms with Crippen LogP contribution in [0.5, 0.6) is 0 Å². The monoisotopic (exact) mass is 239 g/mol. The van der Waals surface area contributed by atoms with Crippen LogP contribution < -0.4 is 0 Å². The molecular weight excluding hydrogens is 218 g/mol. The summed E-state index contributed by atoms with van der Waals surface area (Å²) >= 11 is 5.25. The molecule has 0 radical (unpaired) electrons. The zero-order valence-electron chi connectivity index (χ0n) is 10.2. The fraction of sp³-hybridized carbons (Fsp3) is 0.750. The molecule has 1 aromatic rings. The van der Waals surface area contributed by atoms with Gasteiger partial charge >= 0.3 is 0 Å². The van der Waals surface area contributed by atoms with E-state index < -0.39 is 0 Å². The second-order valence-electron chi connectivity index (χ2n) is 4.85. The van der Waals surface area contributed by atoms with Gasteiger partial charge in [0.15, 0.2) is 4.77 Å². The molecule has 0 saturated heterocycles. The van der Waals surface area contributed by atoms with Gasteiger partial charge in [0.25, 0.3) is 0 Å². The van der Waals surface area contributed by atoms with Crippen molar-refractivity contribution in [2.24, 2.45) is 0 Å². The summed E-state index contributed by atoms with van der Waals surface area (Å²) in [5.41, 5.74) is 1.15. The van der Waals surface area contributed by atoms with Crippen LogP contribution in [0.3, 0.4) is 0 Å². The molecule has 4 heteroatoms. The number of H-pyrrole nitrogens is 1. The molecule has 0 aromatic carbocycles. The normalized spacial score (nSPS) is 17.4. The molecule has 1 aliphatic carbocycles. The van der Waals surface area contributed by atoms with E-state index >= 15 is 0 Å². The quantitative estimate of drug-likeness (QED) is 0.817. The minimum absolute atomic E-state index is 0.800. The van der Waals surface area contributed by atoms with E-state index in [-0.39, 0.29) is 0 Å². The van der Waals surface area contributed by atoms with E-state index in [0.717, 1.165) is 29.6 Å². The molecule has 1 fully saturated rings. The highest BCUT2D eigenvalue weighted by Gasteiger charge is 2.18. The lowest BCUT2D eigenvalue weighted by Gasteiger charge is -2.23. The fourth-order valence-electron chi connectivity index (χ4n) is 2.52. The average Bonchev–Trinajstić information content (AvgIpc) is 2.84. The number of rotatable bonds is 4. The zero-order chi connectivity index (χ0) is 11.5. The van der Waals surface area contributed by atoms with Gasteiger partial charge in [-0.1, -0.05) is 12.8 Å². The van der Waals surface area contributed by atoms with Crippen molar-refractivity contribution in [2.45, 2.75) is 45.2 Å². The van der Waals surface area contributed by atoms with Crippen LogP contribution in [-0.2, 0) is 6.54 Å². The number of aromatic amines is 1. The molecule has 0 unspecified atom stereocenters. The summed E-state index contributed by atoms with van der Waals surface area (Å²) in [7, 11) is 2.24. The largest absolute Gasteiger partial charge is 0.335 e. The molecule has 2 rings (SSSR count). The highest BCUT2D eigenvalue weighted by atomic mass is 32.1. The highest BCUT2D eigenvalue weighted by Crippen LogP contribution is 2.22. The number of imidazole rings is 1. The van der Waals surface area contributed by atoms with E-state index in [1.807, 2.05) is 6.92 Å². The van der Waals surface area contributed by atoms with E-state index in [2.05, 4.69) is 27.7 Å². The van der Waals surface area contributed by atoms with Crippen LogP contribution in [0.4, 0.5) is 0 Å². The summed E-state index contributed by atoms with van der Waals surface area (Å²) in [5, 5.41) is 0. The van der Waals surface area contributed by atoms with Gasteiger partial charge in [-0.15, -0.1) is 0 Å². The topological polar surface area (TPSA) is 24.0 Å². The average molecular weight is 239 g/mol. The van der Waals surface area contributed by atoms with Crippen LogP contribution in [0.2, 0.25) is 0 Å². The lowest BCUT2D eigenvalue weighted by Crippen LogP contribution is -2.32. The van der Waals surface area contributed by atoms with Gasteiger partial charge in [0, 0.05) is 31.0 Å². The summed E-state index contributed by atoms with van der Waals surface area (Å²) in [6, 6.07) is 0.800. The first-order valence-corrected chi connectivity index (χ1v) is 6.54. The summed E-state index contributed by atoms with van der Waals surface area (Å²) in [4.78, 5) is 5.64. The van der Waals surface area contributed by atoms with Crippen LogP contribution >= 0.6 is 12.2 Å². The van der Waals surface area contributed by atoms with Crippen molar-refractivity contribution >= 4 is 12.2 Å².